The van der Waals surface area contributed by atoms with Gasteiger partial charge in [-0.15, -0.1) is 0 Å². The fourth-order valence-corrected chi connectivity index (χ4v) is 2.69. The van der Waals surface area contributed by atoms with Gasteiger partial charge in [0.15, 0.2) is 0 Å². The van der Waals surface area contributed by atoms with Crippen LogP contribution in [0.3, 0.4) is 0 Å². The largest absolute Gasteiger partial charge is 0.358 e. The van der Waals surface area contributed by atoms with Crippen molar-refractivity contribution in [1.29, 1.82) is 0 Å². The lowest BCUT2D eigenvalue weighted by molar-refractivity contribution is -0.121. The van der Waals surface area contributed by atoms with Crippen LogP contribution in [0.5, 0.6) is 0 Å². The summed E-state index contributed by atoms with van der Waals surface area (Å²) >= 11 is 6.19. The molecule has 2 aromatic heterocycles. The topological polar surface area (TPSA) is 88.9 Å². The molecule has 1 aromatic carbocycles. The first-order valence-corrected chi connectivity index (χ1v) is 7.96. The van der Waals surface area contributed by atoms with E-state index >= 15 is 0 Å². The number of nitrogens with one attached hydrogen (secondary N) is 2. The number of carbonyl (C=O) groups excluding carboxylic acids is 2. The number of likely N-dealkylation sites (N-methyl/N-ethyl adjacent to an activating group) is 1. The molecule has 0 saturated heterocycles. The molecule has 0 unspecified atom stereocenters. The van der Waals surface area contributed by atoms with Crippen LogP contribution in [-0.2, 0) is 11.3 Å². The second-order valence-electron chi connectivity index (χ2n) is 5.50. The van der Waals surface area contributed by atoms with Gasteiger partial charge in [-0.1, -0.05) is 23.7 Å². The van der Waals surface area contributed by atoms with E-state index in [1.54, 1.807) is 44.4 Å². The molecule has 0 atom stereocenters. The Labute approximate surface area is 149 Å². The highest BCUT2D eigenvalue weighted by Gasteiger charge is 2.14. The minimum atomic E-state index is -0.294. The van der Waals surface area contributed by atoms with Crippen LogP contribution in [0.4, 0.5) is 5.69 Å². The van der Waals surface area contributed by atoms with E-state index in [2.05, 4.69) is 20.7 Å². The zero-order valence-electron chi connectivity index (χ0n) is 13.7. The number of pyridine rings is 1. The number of para-hydroxylation sites is 1. The molecule has 3 rings (SSSR count). The molecule has 8 heteroatoms. The number of carbonyl (C=O) groups is 2. The van der Waals surface area contributed by atoms with Gasteiger partial charge in [0.05, 0.1) is 28.0 Å². The Hall–Kier alpha value is -2.93. The normalized spacial score (nSPS) is 10.7. The highest BCUT2D eigenvalue weighted by molar-refractivity contribution is 6.35. The molecule has 128 valence electrons. The third-order valence-electron chi connectivity index (χ3n) is 3.64. The van der Waals surface area contributed by atoms with Gasteiger partial charge in [0, 0.05) is 24.3 Å². The molecular weight excluding hydrogens is 342 g/mol. The van der Waals surface area contributed by atoms with Gasteiger partial charge < -0.3 is 10.6 Å². The van der Waals surface area contributed by atoms with E-state index in [0.29, 0.717) is 32.9 Å². The van der Waals surface area contributed by atoms with Crippen molar-refractivity contribution in [3.05, 3.63) is 52.9 Å². The van der Waals surface area contributed by atoms with Crippen molar-refractivity contribution in [3.63, 3.8) is 0 Å². The number of amides is 2. The second-order valence-corrected chi connectivity index (χ2v) is 5.91. The molecule has 2 heterocycles. The second kappa shape index (κ2) is 6.90. The van der Waals surface area contributed by atoms with E-state index in [0.717, 1.165) is 0 Å². The molecule has 0 aliphatic heterocycles. The zero-order valence-corrected chi connectivity index (χ0v) is 14.5. The van der Waals surface area contributed by atoms with E-state index in [9.17, 15) is 9.59 Å². The van der Waals surface area contributed by atoms with Crippen molar-refractivity contribution < 1.29 is 9.59 Å². The number of hydrogen-bond donors (Lipinski definition) is 2. The number of rotatable bonds is 4. The zero-order chi connectivity index (χ0) is 18.0. The third-order valence-corrected chi connectivity index (χ3v) is 3.94. The van der Waals surface area contributed by atoms with Crippen LogP contribution in [0.25, 0.3) is 10.9 Å². The maximum Gasteiger partial charge on any atom is 0.256 e. The Morgan fingerprint density at radius 3 is 2.88 bits per heavy atom. The van der Waals surface area contributed by atoms with E-state index < -0.39 is 0 Å². The highest BCUT2D eigenvalue weighted by Crippen LogP contribution is 2.25. The number of nitrogens with zero attached hydrogens (tertiary/aromatic N) is 3. The van der Waals surface area contributed by atoms with Crippen LogP contribution >= 0.6 is 11.6 Å². The van der Waals surface area contributed by atoms with Crippen LogP contribution in [0.2, 0.25) is 5.02 Å². The molecule has 0 fully saturated rings. The van der Waals surface area contributed by atoms with Gasteiger partial charge >= 0.3 is 0 Å². The summed E-state index contributed by atoms with van der Waals surface area (Å²) in [6.45, 7) is 1.89. The Balaban J connectivity index is 1.88. The summed E-state index contributed by atoms with van der Waals surface area (Å²) in [5.74, 6) is -0.469. The lowest BCUT2D eigenvalue weighted by atomic mass is 10.1. The first-order valence-electron chi connectivity index (χ1n) is 7.58. The summed E-state index contributed by atoms with van der Waals surface area (Å²) < 4.78 is 1.45. The minimum absolute atomic E-state index is 0.0826. The first-order chi connectivity index (χ1) is 12.0. The molecule has 7 nitrogen and oxygen atoms in total. The van der Waals surface area contributed by atoms with Gasteiger partial charge in [-0.3, -0.25) is 19.3 Å². The number of halogens is 1. The summed E-state index contributed by atoms with van der Waals surface area (Å²) in [6.07, 6.45) is 3.08. The third kappa shape index (κ3) is 3.61. The molecule has 0 bridgehead atoms. The predicted molar refractivity (Wildman–Crippen MR) is 95.7 cm³/mol. The van der Waals surface area contributed by atoms with Crippen LogP contribution < -0.4 is 10.6 Å². The van der Waals surface area contributed by atoms with Crippen molar-refractivity contribution in [1.82, 2.24) is 20.1 Å². The SMILES string of the molecule is CNC(=O)Cn1cc(NC(=O)c2cc(C)nc3c(Cl)cccc23)cn1. The van der Waals surface area contributed by atoms with Crippen LogP contribution in [0.15, 0.2) is 36.7 Å². The smallest absolute Gasteiger partial charge is 0.256 e. The van der Waals surface area contributed by atoms with Crippen molar-refractivity contribution in [3.8, 4) is 0 Å². The Kier molecular flexibility index (Phi) is 4.67. The van der Waals surface area contributed by atoms with Gasteiger partial charge in [0.25, 0.3) is 5.91 Å². The molecule has 0 spiro atoms. The average molecular weight is 358 g/mol. The average Bonchev–Trinajstić information content (AvgIpc) is 3.01. The Morgan fingerprint density at radius 2 is 2.12 bits per heavy atom. The van der Waals surface area contributed by atoms with Gasteiger partial charge in [-0.25, -0.2) is 0 Å². The number of hydrogen-bond acceptors (Lipinski definition) is 4. The van der Waals surface area contributed by atoms with E-state index in [4.69, 9.17) is 11.6 Å². The number of fused-ring (bicyclic) bond motifs is 1. The molecule has 0 saturated carbocycles. The van der Waals surface area contributed by atoms with E-state index in [1.807, 2.05) is 0 Å². The first kappa shape index (κ1) is 16.9. The number of benzene rings is 1. The Morgan fingerprint density at radius 1 is 1.32 bits per heavy atom. The number of anilines is 1. The van der Waals surface area contributed by atoms with E-state index in [1.165, 1.54) is 10.9 Å². The van der Waals surface area contributed by atoms with Crippen molar-refractivity contribution >= 4 is 40.0 Å². The van der Waals surface area contributed by atoms with Crippen molar-refractivity contribution in [2.75, 3.05) is 12.4 Å². The van der Waals surface area contributed by atoms with Crippen molar-refractivity contribution in [2.24, 2.45) is 0 Å². The molecule has 0 aliphatic carbocycles. The van der Waals surface area contributed by atoms with Gasteiger partial charge in [0.1, 0.15) is 6.54 Å². The molecular formula is C17H16ClN5O2. The fourth-order valence-electron chi connectivity index (χ4n) is 2.47. The molecule has 2 N–H and O–H groups in total. The molecule has 0 radical (unpaired) electrons. The summed E-state index contributed by atoms with van der Waals surface area (Å²) in [7, 11) is 1.55. The molecule has 3 aromatic rings. The quantitative estimate of drug-likeness (QED) is 0.750. The maximum atomic E-state index is 12.7. The summed E-state index contributed by atoms with van der Waals surface area (Å²) in [6, 6.07) is 7.03. The molecule has 2 amide bonds. The predicted octanol–water partition coefficient (Wildman–Crippen LogP) is 2.39. The standard InChI is InChI=1S/C17H16ClN5O2/c1-10-6-13(12-4-3-5-14(18)16(12)21-10)17(25)22-11-7-20-23(8-11)9-15(24)19-2/h3-8H,9H2,1-2H3,(H,19,24)(H,22,25). The monoisotopic (exact) mass is 357 g/mol. The molecule has 0 aliphatic rings. The summed E-state index contributed by atoms with van der Waals surface area (Å²) in [5, 5.41) is 10.5. The summed E-state index contributed by atoms with van der Waals surface area (Å²) in [5.41, 5.74) is 2.26. The van der Waals surface area contributed by atoms with Gasteiger partial charge in [-0.2, -0.15) is 5.10 Å². The Bertz CT molecular complexity index is 967. The van der Waals surface area contributed by atoms with Crippen LogP contribution in [0, 0.1) is 6.92 Å². The van der Waals surface area contributed by atoms with Crippen LogP contribution in [0.1, 0.15) is 16.1 Å². The lowest BCUT2D eigenvalue weighted by Gasteiger charge is -2.08. The summed E-state index contributed by atoms with van der Waals surface area (Å²) in [4.78, 5) is 28.5. The number of aryl methyl sites for hydroxylation is 1. The maximum absolute atomic E-state index is 12.7. The van der Waals surface area contributed by atoms with Gasteiger partial charge in [0.2, 0.25) is 5.91 Å². The fraction of sp³-hybridized carbons (Fsp3) is 0.176. The van der Waals surface area contributed by atoms with Gasteiger partial charge in [-0.05, 0) is 19.1 Å². The number of aromatic nitrogens is 3. The minimum Gasteiger partial charge on any atom is -0.358 e. The van der Waals surface area contributed by atoms with Crippen molar-refractivity contribution in [2.45, 2.75) is 13.5 Å². The van der Waals surface area contributed by atoms with Crippen LogP contribution in [-0.4, -0.2) is 33.6 Å². The van der Waals surface area contributed by atoms with E-state index in [-0.39, 0.29) is 18.4 Å². The molecule has 25 heavy (non-hydrogen) atoms. The lowest BCUT2D eigenvalue weighted by Crippen LogP contribution is -2.23. The highest BCUT2D eigenvalue weighted by atomic mass is 35.5.